The van der Waals surface area contributed by atoms with Crippen LogP contribution in [0.25, 0.3) is 5.82 Å². The molecule has 3 heterocycles. The van der Waals surface area contributed by atoms with Crippen molar-refractivity contribution in [1.82, 2.24) is 24.4 Å². The number of rotatable bonds is 3. The number of nitrogens with one attached hydrogen (secondary N) is 1. The lowest BCUT2D eigenvalue weighted by atomic mass is 10.2. The predicted octanol–water partition coefficient (Wildman–Crippen LogP) is 2.63. The smallest absolute Gasteiger partial charge is 0.321 e. The Morgan fingerprint density at radius 3 is 2.39 bits per heavy atom. The van der Waals surface area contributed by atoms with Gasteiger partial charge in [0, 0.05) is 50.3 Å². The zero-order valence-corrected chi connectivity index (χ0v) is 16.0. The van der Waals surface area contributed by atoms with Crippen molar-refractivity contribution >= 4 is 17.5 Å². The van der Waals surface area contributed by atoms with Crippen molar-refractivity contribution in [2.45, 2.75) is 13.8 Å². The average molecular weight is 377 g/mol. The second kappa shape index (κ2) is 7.67. The molecule has 1 aliphatic rings. The van der Waals surface area contributed by atoms with Crippen molar-refractivity contribution in [1.29, 1.82) is 0 Å². The Balaban J connectivity index is 1.40. The van der Waals surface area contributed by atoms with Crippen molar-refractivity contribution in [2.24, 2.45) is 0 Å². The molecule has 0 bridgehead atoms. The highest BCUT2D eigenvalue weighted by atomic mass is 16.2. The van der Waals surface area contributed by atoms with E-state index in [0.717, 1.165) is 30.4 Å². The van der Waals surface area contributed by atoms with Crippen LogP contribution < -0.4 is 10.2 Å². The Bertz CT molecular complexity index is 945. The number of aromatic nitrogens is 4. The minimum atomic E-state index is -0.0681. The van der Waals surface area contributed by atoms with E-state index in [-0.39, 0.29) is 6.03 Å². The van der Waals surface area contributed by atoms with E-state index in [1.54, 1.807) is 12.5 Å². The quantitative estimate of drug-likeness (QED) is 0.759. The first kappa shape index (κ1) is 18.0. The van der Waals surface area contributed by atoms with Crippen molar-refractivity contribution in [3.63, 3.8) is 0 Å². The summed E-state index contributed by atoms with van der Waals surface area (Å²) in [5.41, 5.74) is 1.98. The van der Waals surface area contributed by atoms with E-state index in [2.05, 4.69) is 25.2 Å². The SMILES string of the molecule is Cc1ccc(NC(=O)N2CCN(c3cc(-n4ccnc4)nc(C)n3)CC2)cc1. The summed E-state index contributed by atoms with van der Waals surface area (Å²) in [5.74, 6) is 2.37. The van der Waals surface area contributed by atoms with Crippen LogP contribution in [0, 0.1) is 13.8 Å². The van der Waals surface area contributed by atoms with Gasteiger partial charge in [-0.25, -0.2) is 19.7 Å². The number of carbonyl (C=O) groups is 1. The van der Waals surface area contributed by atoms with Gasteiger partial charge in [0.25, 0.3) is 0 Å². The topological polar surface area (TPSA) is 79.2 Å². The van der Waals surface area contributed by atoms with Gasteiger partial charge in [-0.1, -0.05) is 17.7 Å². The van der Waals surface area contributed by atoms with Crippen LogP contribution >= 0.6 is 0 Å². The van der Waals surface area contributed by atoms with E-state index < -0.39 is 0 Å². The highest BCUT2D eigenvalue weighted by Gasteiger charge is 2.22. The lowest BCUT2D eigenvalue weighted by molar-refractivity contribution is 0.208. The number of amides is 2. The molecule has 0 radical (unpaired) electrons. The first-order chi connectivity index (χ1) is 13.6. The van der Waals surface area contributed by atoms with Gasteiger partial charge >= 0.3 is 6.03 Å². The molecule has 4 rings (SSSR count). The van der Waals surface area contributed by atoms with Crippen LogP contribution in [0.3, 0.4) is 0 Å². The summed E-state index contributed by atoms with van der Waals surface area (Å²) < 4.78 is 1.86. The number of anilines is 2. The van der Waals surface area contributed by atoms with Gasteiger partial charge in [0.2, 0.25) is 0 Å². The normalized spacial score (nSPS) is 14.2. The molecule has 1 fully saturated rings. The molecule has 1 N–H and O–H groups in total. The van der Waals surface area contributed by atoms with Gasteiger partial charge in [-0.15, -0.1) is 0 Å². The maximum absolute atomic E-state index is 12.5. The number of hydrogen-bond acceptors (Lipinski definition) is 5. The monoisotopic (exact) mass is 377 g/mol. The molecular weight excluding hydrogens is 354 g/mol. The highest BCUT2D eigenvalue weighted by molar-refractivity contribution is 5.89. The summed E-state index contributed by atoms with van der Waals surface area (Å²) in [4.78, 5) is 29.7. The van der Waals surface area contributed by atoms with Gasteiger partial charge in [-0.2, -0.15) is 0 Å². The Morgan fingerprint density at radius 2 is 1.71 bits per heavy atom. The molecular formula is C20H23N7O. The molecule has 1 saturated heterocycles. The van der Waals surface area contributed by atoms with Gasteiger partial charge in [0.15, 0.2) is 0 Å². The molecule has 0 atom stereocenters. The average Bonchev–Trinajstić information content (AvgIpc) is 3.24. The zero-order valence-electron chi connectivity index (χ0n) is 16.0. The van der Waals surface area contributed by atoms with Crippen LogP contribution in [0.4, 0.5) is 16.3 Å². The number of imidazole rings is 1. The van der Waals surface area contributed by atoms with Gasteiger partial charge in [0.05, 0.1) is 0 Å². The number of aryl methyl sites for hydroxylation is 2. The number of carbonyl (C=O) groups excluding carboxylic acids is 1. The van der Waals surface area contributed by atoms with E-state index in [1.807, 2.05) is 59.8 Å². The van der Waals surface area contributed by atoms with E-state index >= 15 is 0 Å². The van der Waals surface area contributed by atoms with Crippen LogP contribution in [0.15, 0.2) is 49.1 Å². The van der Waals surface area contributed by atoms with Crippen LogP contribution in [-0.2, 0) is 0 Å². The van der Waals surface area contributed by atoms with Crippen molar-refractivity contribution in [3.05, 3.63) is 60.4 Å². The summed E-state index contributed by atoms with van der Waals surface area (Å²) >= 11 is 0. The third-order valence-corrected chi connectivity index (χ3v) is 4.77. The molecule has 28 heavy (non-hydrogen) atoms. The number of nitrogens with zero attached hydrogens (tertiary/aromatic N) is 6. The Morgan fingerprint density at radius 1 is 1.00 bits per heavy atom. The minimum Gasteiger partial charge on any atom is -0.353 e. The van der Waals surface area contributed by atoms with E-state index in [0.29, 0.717) is 18.9 Å². The predicted molar refractivity (Wildman–Crippen MR) is 108 cm³/mol. The first-order valence-corrected chi connectivity index (χ1v) is 9.30. The fourth-order valence-electron chi connectivity index (χ4n) is 3.20. The summed E-state index contributed by atoms with van der Waals surface area (Å²) in [6, 6.07) is 9.71. The molecule has 1 aromatic carbocycles. The molecule has 144 valence electrons. The Labute approximate surface area is 163 Å². The van der Waals surface area contributed by atoms with Gasteiger partial charge < -0.3 is 15.1 Å². The molecule has 3 aromatic rings. The maximum Gasteiger partial charge on any atom is 0.321 e. The molecule has 2 amide bonds. The van der Waals surface area contributed by atoms with Gasteiger partial charge in [-0.3, -0.25) is 4.57 Å². The van der Waals surface area contributed by atoms with Gasteiger partial charge in [0.1, 0.15) is 23.8 Å². The third-order valence-electron chi connectivity index (χ3n) is 4.77. The lowest BCUT2D eigenvalue weighted by Gasteiger charge is -2.35. The van der Waals surface area contributed by atoms with Crippen molar-refractivity contribution in [3.8, 4) is 5.82 Å². The van der Waals surface area contributed by atoms with Crippen molar-refractivity contribution in [2.75, 3.05) is 36.4 Å². The minimum absolute atomic E-state index is 0.0681. The Hall–Kier alpha value is -3.42. The molecule has 0 unspecified atom stereocenters. The second-order valence-corrected chi connectivity index (χ2v) is 6.87. The van der Waals surface area contributed by atoms with E-state index in [4.69, 9.17) is 0 Å². The lowest BCUT2D eigenvalue weighted by Crippen LogP contribution is -2.50. The van der Waals surface area contributed by atoms with Gasteiger partial charge in [-0.05, 0) is 26.0 Å². The molecule has 2 aromatic heterocycles. The third kappa shape index (κ3) is 3.95. The molecule has 0 aliphatic carbocycles. The molecule has 0 saturated carbocycles. The summed E-state index contributed by atoms with van der Waals surface area (Å²) in [6.07, 6.45) is 5.31. The van der Waals surface area contributed by atoms with E-state index in [9.17, 15) is 4.79 Å². The van der Waals surface area contributed by atoms with E-state index in [1.165, 1.54) is 5.56 Å². The van der Waals surface area contributed by atoms with Crippen LogP contribution in [-0.4, -0.2) is 56.6 Å². The Kier molecular flexibility index (Phi) is 4.92. The number of hydrogen-bond donors (Lipinski definition) is 1. The fourth-order valence-corrected chi connectivity index (χ4v) is 3.20. The summed E-state index contributed by atoms with van der Waals surface area (Å²) in [6.45, 7) is 6.64. The van der Waals surface area contributed by atoms with Crippen LogP contribution in [0.5, 0.6) is 0 Å². The maximum atomic E-state index is 12.5. The second-order valence-electron chi connectivity index (χ2n) is 6.87. The molecule has 8 nitrogen and oxygen atoms in total. The summed E-state index contributed by atoms with van der Waals surface area (Å²) in [7, 11) is 0. The first-order valence-electron chi connectivity index (χ1n) is 9.30. The number of benzene rings is 1. The summed E-state index contributed by atoms with van der Waals surface area (Å²) in [5, 5.41) is 2.96. The largest absolute Gasteiger partial charge is 0.353 e. The standard InChI is InChI=1S/C20H23N7O/c1-15-3-5-17(6-4-15)24-20(28)26-11-9-25(10-12-26)18-13-19(23-16(2)22-18)27-8-7-21-14-27/h3-8,13-14H,9-12H2,1-2H3,(H,24,28). The molecule has 0 spiro atoms. The number of piperazine rings is 1. The fraction of sp³-hybridized carbons (Fsp3) is 0.300. The van der Waals surface area contributed by atoms with Crippen molar-refractivity contribution < 1.29 is 4.79 Å². The molecule has 1 aliphatic heterocycles. The highest BCUT2D eigenvalue weighted by Crippen LogP contribution is 2.18. The molecule has 8 heteroatoms. The van der Waals surface area contributed by atoms with Crippen LogP contribution in [0.2, 0.25) is 0 Å². The van der Waals surface area contributed by atoms with Crippen LogP contribution in [0.1, 0.15) is 11.4 Å². The number of urea groups is 1. The zero-order chi connectivity index (χ0) is 19.5.